The van der Waals surface area contributed by atoms with E-state index >= 15 is 0 Å². The molecule has 122 valence electrons. The highest BCUT2D eigenvalue weighted by atomic mass is 35.5. The number of carbonyl (C=O) groups excluding carboxylic acids is 3. The topological polar surface area (TPSA) is 69.7 Å². The van der Waals surface area contributed by atoms with Crippen molar-refractivity contribution in [2.75, 3.05) is 13.1 Å². The molecule has 7 heteroatoms. The second-order valence-electron chi connectivity index (χ2n) is 5.96. The van der Waals surface area contributed by atoms with Gasteiger partial charge >= 0.3 is 6.03 Å². The van der Waals surface area contributed by atoms with E-state index in [1.54, 1.807) is 17.0 Å². The van der Waals surface area contributed by atoms with Crippen LogP contribution in [0.5, 0.6) is 0 Å². The number of benzene rings is 1. The highest BCUT2D eigenvalue weighted by molar-refractivity contribution is 6.30. The molecule has 0 bridgehead atoms. The van der Waals surface area contributed by atoms with Crippen LogP contribution in [0.1, 0.15) is 31.4 Å². The first-order valence-corrected chi connectivity index (χ1v) is 7.99. The number of nitrogens with zero attached hydrogens (tertiary/aromatic N) is 2. The van der Waals surface area contributed by atoms with Crippen LogP contribution in [0.25, 0.3) is 0 Å². The molecule has 1 atom stereocenters. The summed E-state index contributed by atoms with van der Waals surface area (Å²) in [4.78, 5) is 38.8. The third-order valence-corrected chi connectivity index (χ3v) is 4.37. The van der Waals surface area contributed by atoms with Crippen molar-refractivity contribution in [3.05, 3.63) is 34.9 Å². The summed E-state index contributed by atoms with van der Waals surface area (Å²) in [5, 5.41) is 3.42. The van der Waals surface area contributed by atoms with Crippen LogP contribution in [0.15, 0.2) is 24.3 Å². The van der Waals surface area contributed by atoms with E-state index in [9.17, 15) is 14.4 Å². The number of carbonyl (C=O) groups is 3. The largest absolute Gasteiger partial charge is 0.348 e. The Kier molecular flexibility index (Phi) is 4.26. The van der Waals surface area contributed by atoms with Gasteiger partial charge in [-0.1, -0.05) is 23.7 Å². The van der Waals surface area contributed by atoms with Gasteiger partial charge in [0, 0.05) is 11.1 Å². The molecule has 1 aliphatic heterocycles. The lowest BCUT2D eigenvalue weighted by Crippen LogP contribution is -2.42. The van der Waals surface area contributed by atoms with E-state index in [1.807, 2.05) is 19.1 Å². The molecule has 1 unspecified atom stereocenters. The molecule has 3 rings (SSSR count). The Labute approximate surface area is 139 Å². The molecule has 6 nitrogen and oxygen atoms in total. The predicted molar refractivity (Wildman–Crippen MR) is 84.8 cm³/mol. The van der Waals surface area contributed by atoms with Crippen LogP contribution in [0.4, 0.5) is 4.79 Å². The number of urea groups is 1. The fraction of sp³-hybridized carbons (Fsp3) is 0.438. The lowest BCUT2D eigenvalue weighted by Gasteiger charge is -2.18. The molecule has 1 aromatic rings. The lowest BCUT2D eigenvalue weighted by atomic mass is 10.1. The van der Waals surface area contributed by atoms with Crippen LogP contribution in [0.3, 0.4) is 0 Å². The van der Waals surface area contributed by atoms with Crippen LogP contribution >= 0.6 is 11.6 Å². The molecule has 1 saturated heterocycles. The summed E-state index contributed by atoms with van der Waals surface area (Å²) in [5.41, 5.74) is 0.904. The van der Waals surface area contributed by atoms with Gasteiger partial charge in [-0.15, -0.1) is 0 Å². The molecule has 0 radical (unpaired) electrons. The first-order chi connectivity index (χ1) is 11.0. The van der Waals surface area contributed by atoms with Crippen molar-refractivity contribution in [3.63, 3.8) is 0 Å². The number of hydrogen-bond acceptors (Lipinski definition) is 3. The summed E-state index contributed by atoms with van der Waals surface area (Å²) in [5.74, 6) is -0.664. The first kappa shape index (κ1) is 15.8. The predicted octanol–water partition coefficient (Wildman–Crippen LogP) is 1.94. The Morgan fingerprint density at radius 1 is 1.30 bits per heavy atom. The van der Waals surface area contributed by atoms with Crippen LogP contribution in [0, 0.1) is 0 Å². The molecule has 0 aromatic heterocycles. The zero-order valence-corrected chi connectivity index (χ0v) is 13.5. The van der Waals surface area contributed by atoms with Crippen molar-refractivity contribution >= 4 is 29.4 Å². The van der Waals surface area contributed by atoms with Gasteiger partial charge in [0.2, 0.25) is 5.91 Å². The van der Waals surface area contributed by atoms with Crippen molar-refractivity contribution in [3.8, 4) is 0 Å². The van der Waals surface area contributed by atoms with Gasteiger partial charge in [0.05, 0.1) is 6.04 Å². The van der Waals surface area contributed by atoms with Gasteiger partial charge in [0.25, 0.3) is 5.91 Å². The van der Waals surface area contributed by atoms with Crippen molar-refractivity contribution in [2.24, 2.45) is 0 Å². The minimum Gasteiger partial charge on any atom is -0.348 e. The molecular formula is C16H18ClN3O3. The highest BCUT2D eigenvalue weighted by Gasteiger charge is 2.44. The summed E-state index contributed by atoms with van der Waals surface area (Å²) >= 11 is 5.84. The molecule has 2 aliphatic rings. The van der Waals surface area contributed by atoms with E-state index in [-0.39, 0.29) is 43.0 Å². The van der Waals surface area contributed by atoms with Crippen molar-refractivity contribution in [1.29, 1.82) is 0 Å². The monoisotopic (exact) mass is 335 g/mol. The fourth-order valence-electron chi connectivity index (χ4n) is 2.65. The maximum atomic E-state index is 12.2. The number of nitrogens with one attached hydrogen (secondary N) is 1. The van der Waals surface area contributed by atoms with E-state index in [1.165, 1.54) is 0 Å². The Morgan fingerprint density at radius 3 is 2.57 bits per heavy atom. The van der Waals surface area contributed by atoms with Gasteiger partial charge in [-0.3, -0.25) is 14.5 Å². The number of rotatable bonds is 5. The molecule has 1 N–H and O–H groups in total. The lowest BCUT2D eigenvalue weighted by molar-refractivity contribution is -0.131. The number of imide groups is 1. The molecule has 2 fully saturated rings. The van der Waals surface area contributed by atoms with Gasteiger partial charge in [-0.2, -0.15) is 0 Å². The summed E-state index contributed by atoms with van der Waals surface area (Å²) in [6, 6.07) is 6.75. The van der Waals surface area contributed by atoms with Gasteiger partial charge in [-0.25, -0.2) is 4.79 Å². The standard InChI is InChI=1S/C16H18ClN3O3/c1-10(11-2-4-12(17)5-3-11)18-14(21)8-20-15(22)9-19(16(20)23)13-6-7-13/h2-5,10,13H,6-9H2,1H3,(H,18,21). The quantitative estimate of drug-likeness (QED) is 0.836. The average molecular weight is 336 g/mol. The fourth-order valence-corrected chi connectivity index (χ4v) is 2.78. The molecular weight excluding hydrogens is 318 g/mol. The van der Waals surface area contributed by atoms with Crippen molar-refractivity contribution in [1.82, 2.24) is 15.1 Å². The van der Waals surface area contributed by atoms with Crippen LogP contribution in [0.2, 0.25) is 5.02 Å². The van der Waals surface area contributed by atoms with Gasteiger partial charge in [0.15, 0.2) is 0 Å². The van der Waals surface area contributed by atoms with Gasteiger partial charge < -0.3 is 10.2 Å². The molecule has 23 heavy (non-hydrogen) atoms. The van der Waals surface area contributed by atoms with E-state index in [0.717, 1.165) is 23.3 Å². The Balaban J connectivity index is 1.57. The molecule has 1 aliphatic carbocycles. The third kappa shape index (κ3) is 3.47. The van der Waals surface area contributed by atoms with Crippen LogP contribution < -0.4 is 5.32 Å². The number of halogens is 1. The minimum atomic E-state index is -0.355. The summed E-state index contributed by atoms with van der Waals surface area (Å²) in [6.07, 6.45) is 1.87. The SMILES string of the molecule is CC(NC(=O)CN1C(=O)CN(C2CC2)C1=O)c1ccc(Cl)cc1. The Hall–Kier alpha value is -2.08. The van der Waals surface area contributed by atoms with E-state index < -0.39 is 0 Å². The zero-order valence-electron chi connectivity index (χ0n) is 12.8. The van der Waals surface area contributed by atoms with Crippen molar-refractivity contribution < 1.29 is 14.4 Å². The summed E-state index contributed by atoms with van der Waals surface area (Å²) in [7, 11) is 0. The van der Waals surface area contributed by atoms with Gasteiger partial charge in [0.1, 0.15) is 13.1 Å². The average Bonchev–Trinajstić information content (AvgIpc) is 3.30. The van der Waals surface area contributed by atoms with Gasteiger partial charge in [-0.05, 0) is 37.5 Å². The second kappa shape index (κ2) is 6.20. The molecule has 0 spiro atoms. The molecule has 1 heterocycles. The Bertz CT molecular complexity index is 642. The zero-order chi connectivity index (χ0) is 16.6. The molecule has 4 amide bonds. The molecule has 1 saturated carbocycles. The minimum absolute atomic E-state index is 0.0868. The van der Waals surface area contributed by atoms with Crippen molar-refractivity contribution in [2.45, 2.75) is 31.8 Å². The number of amides is 4. The smallest absolute Gasteiger partial charge is 0.327 e. The number of hydrogen-bond donors (Lipinski definition) is 1. The molecule has 1 aromatic carbocycles. The third-order valence-electron chi connectivity index (χ3n) is 4.12. The van der Waals surface area contributed by atoms with Crippen LogP contribution in [-0.2, 0) is 9.59 Å². The first-order valence-electron chi connectivity index (χ1n) is 7.61. The Morgan fingerprint density at radius 2 is 1.96 bits per heavy atom. The van der Waals surface area contributed by atoms with Crippen LogP contribution in [-0.4, -0.2) is 46.8 Å². The summed E-state index contributed by atoms with van der Waals surface area (Å²) < 4.78 is 0. The van der Waals surface area contributed by atoms with E-state index in [2.05, 4.69) is 5.32 Å². The van der Waals surface area contributed by atoms with E-state index in [0.29, 0.717) is 5.02 Å². The normalized spacial score (nSPS) is 19.2. The maximum absolute atomic E-state index is 12.2. The highest BCUT2D eigenvalue weighted by Crippen LogP contribution is 2.30. The summed E-state index contributed by atoms with van der Waals surface area (Å²) in [6.45, 7) is 1.69. The van der Waals surface area contributed by atoms with E-state index in [4.69, 9.17) is 11.6 Å². The second-order valence-corrected chi connectivity index (χ2v) is 6.40. The maximum Gasteiger partial charge on any atom is 0.327 e.